The van der Waals surface area contributed by atoms with Gasteiger partial charge in [-0.05, 0) is 44.6 Å². The van der Waals surface area contributed by atoms with Crippen LogP contribution in [0.2, 0.25) is 0 Å². The lowest BCUT2D eigenvalue weighted by Gasteiger charge is -2.32. The highest BCUT2D eigenvalue weighted by molar-refractivity contribution is 5.76. The summed E-state index contributed by atoms with van der Waals surface area (Å²) in [5, 5.41) is 3.72. The maximum atomic E-state index is 12.3. The van der Waals surface area contributed by atoms with Gasteiger partial charge in [-0.15, -0.1) is 0 Å². The molecular formula is C17H32N2O. The third-order valence-electron chi connectivity index (χ3n) is 4.96. The number of carbonyl (C=O) groups is 1. The van der Waals surface area contributed by atoms with Gasteiger partial charge in [0.25, 0.3) is 0 Å². The molecule has 20 heavy (non-hydrogen) atoms. The van der Waals surface area contributed by atoms with Crippen molar-refractivity contribution in [2.24, 2.45) is 5.92 Å². The first-order valence-electron chi connectivity index (χ1n) is 8.82. The van der Waals surface area contributed by atoms with E-state index in [1.54, 1.807) is 0 Å². The molecule has 1 N–H and O–H groups in total. The lowest BCUT2D eigenvalue weighted by atomic mass is 9.96. The largest absolute Gasteiger partial charge is 0.341 e. The van der Waals surface area contributed by atoms with E-state index in [4.69, 9.17) is 0 Å². The summed E-state index contributed by atoms with van der Waals surface area (Å²) < 4.78 is 0. The van der Waals surface area contributed by atoms with E-state index >= 15 is 0 Å². The topological polar surface area (TPSA) is 32.3 Å². The zero-order valence-electron chi connectivity index (χ0n) is 13.2. The van der Waals surface area contributed by atoms with Gasteiger partial charge in [0.05, 0.1) is 0 Å². The minimum atomic E-state index is 0.394. The Balaban J connectivity index is 1.91. The van der Waals surface area contributed by atoms with E-state index in [0.29, 0.717) is 11.9 Å². The Bertz CT molecular complexity index is 287. The van der Waals surface area contributed by atoms with Crippen LogP contribution in [0.25, 0.3) is 0 Å². The zero-order chi connectivity index (χ0) is 14.2. The molecule has 1 atom stereocenters. The van der Waals surface area contributed by atoms with Gasteiger partial charge in [0.2, 0.25) is 5.91 Å². The van der Waals surface area contributed by atoms with E-state index in [1.165, 1.54) is 51.4 Å². The van der Waals surface area contributed by atoms with E-state index in [1.807, 2.05) is 0 Å². The molecule has 2 rings (SSSR count). The smallest absolute Gasteiger partial charge is 0.222 e. The first kappa shape index (κ1) is 15.8. The monoisotopic (exact) mass is 280 g/mol. The summed E-state index contributed by atoms with van der Waals surface area (Å²) >= 11 is 0. The molecule has 1 saturated heterocycles. The summed E-state index contributed by atoms with van der Waals surface area (Å²) in [6.45, 7) is 5.24. The van der Waals surface area contributed by atoms with Crippen LogP contribution in [0.5, 0.6) is 0 Å². The molecule has 0 spiro atoms. The van der Waals surface area contributed by atoms with E-state index < -0.39 is 0 Å². The summed E-state index contributed by atoms with van der Waals surface area (Å²) in [4.78, 5) is 14.4. The number of carbonyl (C=O) groups excluding carboxylic acids is 1. The van der Waals surface area contributed by atoms with Gasteiger partial charge in [0, 0.05) is 25.6 Å². The number of nitrogens with one attached hydrogen (secondary N) is 1. The molecule has 0 aromatic rings. The predicted octanol–water partition coefficient (Wildman–Crippen LogP) is 3.34. The fourth-order valence-corrected chi connectivity index (χ4v) is 3.72. The molecule has 1 aliphatic heterocycles. The molecule has 116 valence electrons. The molecule has 2 fully saturated rings. The quantitative estimate of drug-likeness (QED) is 0.809. The van der Waals surface area contributed by atoms with Gasteiger partial charge in [0.1, 0.15) is 0 Å². The molecule has 1 saturated carbocycles. The zero-order valence-corrected chi connectivity index (χ0v) is 13.2. The molecule has 0 aromatic carbocycles. The van der Waals surface area contributed by atoms with Gasteiger partial charge in [0.15, 0.2) is 0 Å². The van der Waals surface area contributed by atoms with Crippen LogP contribution in [0.4, 0.5) is 0 Å². The van der Waals surface area contributed by atoms with Crippen molar-refractivity contribution in [3.05, 3.63) is 0 Å². The van der Waals surface area contributed by atoms with E-state index in [2.05, 4.69) is 17.1 Å². The van der Waals surface area contributed by atoms with Crippen LogP contribution in [0.3, 0.4) is 0 Å². The third kappa shape index (κ3) is 4.76. The van der Waals surface area contributed by atoms with Crippen molar-refractivity contribution in [1.29, 1.82) is 0 Å². The Labute approximate surface area is 124 Å². The number of rotatable bonds is 6. The van der Waals surface area contributed by atoms with Crippen LogP contribution in [0, 0.1) is 5.92 Å². The molecule has 1 aliphatic carbocycles. The SMILES string of the molecule is CCCNC(CN1CCCCCCC1=O)C1CCCC1. The van der Waals surface area contributed by atoms with Gasteiger partial charge in [-0.3, -0.25) is 4.79 Å². The summed E-state index contributed by atoms with van der Waals surface area (Å²) in [6.07, 6.45) is 12.2. The van der Waals surface area contributed by atoms with Crippen LogP contribution >= 0.6 is 0 Å². The van der Waals surface area contributed by atoms with Crippen molar-refractivity contribution in [3.63, 3.8) is 0 Å². The number of likely N-dealkylation sites (tertiary alicyclic amines) is 1. The van der Waals surface area contributed by atoms with Crippen LogP contribution in [0.15, 0.2) is 0 Å². The van der Waals surface area contributed by atoms with Crippen LogP contribution in [-0.2, 0) is 4.79 Å². The standard InChI is InChI=1S/C17H32N2O/c1-2-12-18-16(15-9-6-7-10-15)14-19-13-8-4-3-5-11-17(19)20/h15-16,18H,2-14H2,1H3. The van der Waals surface area contributed by atoms with Gasteiger partial charge in [-0.2, -0.15) is 0 Å². The minimum Gasteiger partial charge on any atom is -0.341 e. The Kier molecular flexibility index (Phi) is 6.85. The highest BCUT2D eigenvalue weighted by atomic mass is 16.2. The molecule has 1 amide bonds. The fraction of sp³-hybridized carbons (Fsp3) is 0.941. The highest BCUT2D eigenvalue weighted by Gasteiger charge is 2.27. The molecule has 3 nitrogen and oxygen atoms in total. The summed E-state index contributed by atoms with van der Waals surface area (Å²) in [5.74, 6) is 1.19. The summed E-state index contributed by atoms with van der Waals surface area (Å²) in [6, 6.07) is 0.529. The number of amides is 1. The number of hydrogen-bond donors (Lipinski definition) is 1. The van der Waals surface area contributed by atoms with Crippen molar-refractivity contribution < 1.29 is 4.79 Å². The lowest BCUT2D eigenvalue weighted by Crippen LogP contribution is -2.47. The maximum absolute atomic E-state index is 12.3. The average Bonchev–Trinajstić information content (AvgIpc) is 2.96. The van der Waals surface area contributed by atoms with E-state index in [0.717, 1.165) is 38.4 Å². The lowest BCUT2D eigenvalue weighted by molar-refractivity contribution is -0.132. The maximum Gasteiger partial charge on any atom is 0.222 e. The molecule has 2 aliphatic rings. The normalized spacial score (nSPS) is 23.6. The van der Waals surface area contributed by atoms with Gasteiger partial charge >= 0.3 is 0 Å². The van der Waals surface area contributed by atoms with Crippen LogP contribution in [0.1, 0.15) is 71.1 Å². The predicted molar refractivity (Wildman–Crippen MR) is 83.7 cm³/mol. The molecule has 1 heterocycles. The summed E-state index contributed by atoms with van der Waals surface area (Å²) in [7, 11) is 0. The Morgan fingerprint density at radius 2 is 1.90 bits per heavy atom. The van der Waals surface area contributed by atoms with E-state index in [-0.39, 0.29) is 0 Å². The summed E-state index contributed by atoms with van der Waals surface area (Å²) in [5.41, 5.74) is 0. The molecule has 0 radical (unpaired) electrons. The van der Waals surface area contributed by atoms with Crippen LogP contribution in [-0.4, -0.2) is 36.5 Å². The van der Waals surface area contributed by atoms with Crippen molar-refractivity contribution in [2.75, 3.05) is 19.6 Å². The van der Waals surface area contributed by atoms with E-state index in [9.17, 15) is 4.79 Å². The molecule has 0 bridgehead atoms. The Morgan fingerprint density at radius 3 is 2.65 bits per heavy atom. The van der Waals surface area contributed by atoms with Crippen molar-refractivity contribution in [2.45, 2.75) is 77.2 Å². The molecule has 1 unspecified atom stereocenters. The number of hydrogen-bond acceptors (Lipinski definition) is 2. The first-order chi connectivity index (χ1) is 9.81. The second-order valence-corrected chi connectivity index (χ2v) is 6.61. The van der Waals surface area contributed by atoms with Gasteiger partial charge in [-0.25, -0.2) is 0 Å². The van der Waals surface area contributed by atoms with Gasteiger partial charge < -0.3 is 10.2 Å². The Hall–Kier alpha value is -0.570. The Morgan fingerprint density at radius 1 is 1.15 bits per heavy atom. The molecular weight excluding hydrogens is 248 g/mol. The van der Waals surface area contributed by atoms with Crippen molar-refractivity contribution >= 4 is 5.91 Å². The van der Waals surface area contributed by atoms with Crippen molar-refractivity contribution in [3.8, 4) is 0 Å². The molecule has 3 heteroatoms. The van der Waals surface area contributed by atoms with Crippen molar-refractivity contribution in [1.82, 2.24) is 10.2 Å². The van der Waals surface area contributed by atoms with Crippen LogP contribution < -0.4 is 5.32 Å². The second kappa shape index (κ2) is 8.66. The third-order valence-corrected chi connectivity index (χ3v) is 4.96. The van der Waals surface area contributed by atoms with Gasteiger partial charge in [-0.1, -0.05) is 32.6 Å². The number of nitrogens with zero attached hydrogens (tertiary/aromatic N) is 1. The highest BCUT2D eigenvalue weighted by Crippen LogP contribution is 2.28. The fourth-order valence-electron chi connectivity index (χ4n) is 3.72. The minimum absolute atomic E-state index is 0.394. The second-order valence-electron chi connectivity index (χ2n) is 6.61. The average molecular weight is 280 g/mol. The molecule has 0 aromatic heterocycles. The first-order valence-corrected chi connectivity index (χ1v) is 8.82.